The molecule has 1 aliphatic rings. The number of hydrogen-bond donors (Lipinski definition) is 1. The molecule has 1 N–H and O–H groups in total. The Morgan fingerprint density at radius 3 is 2.86 bits per heavy atom. The summed E-state index contributed by atoms with van der Waals surface area (Å²) >= 11 is 0. The zero-order valence-electron chi connectivity index (χ0n) is 12.7. The van der Waals surface area contributed by atoms with Gasteiger partial charge in [-0.2, -0.15) is 0 Å². The minimum absolute atomic E-state index is 0.0623. The van der Waals surface area contributed by atoms with Gasteiger partial charge in [0.25, 0.3) is 5.91 Å². The number of nitrogens with one attached hydrogen (secondary N) is 1. The van der Waals surface area contributed by atoms with E-state index in [4.69, 9.17) is 8.94 Å². The molecule has 0 radical (unpaired) electrons. The summed E-state index contributed by atoms with van der Waals surface area (Å²) in [6.45, 7) is 4.33. The Kier molecular flexibility index (Phi) is 4.58. The van der Waals surface area contributed by atoms with E-state index in [1.54, 1.807) is 19.3 Å². The molecule has 0 spiro atoms. The van der Waals surface area contributed by atoms with Crippen molar-refractivity contribution in [1.29, 1.82) is 0 Å². The van der Waals surface area contributed by atoms with Crippen LogP contribution >= 0.6 is 0 Å². The lowest BCUT2D eigenvalue weighted by molar-refractivity contribution is 0.0905. The summed E-state index contributed by atoms with van der Waals surface area (Å²) in [5, 5.41) is 6.68. The van der Waals surface area contributed by atoms with E-state index >= 15 is 0 Å². The van der Waals surface area contributed by atoms with E-state index < -0.39 is 0 Å². The highest BCUT2D eigenvalue weighted by molar-refractivity contribution is 5.92. The molecule has 0 bridgehead atoms. The fourth-order valence-corrected chi connectivity index (χ4v) is 2.87. The molecule has 1 atom stereocenters. The summed E-state index contributed by atoms with van der Waals surface area (Å²) in [7, 11) is 0. The van der Waals surface area contributed by atoms with Gasteiger partial charge in [-0.05, 0) is 45.0 Å². The van der Waals surface area contributed by atoms with Gasteiger partial charge in [0.15, 0.2) is 5.69 Å². The van der Waals surface area contributed by atoms with Crippen LogP contribution in [0.2, 0.25) is 0 Å². The van der Waals surface area contributed by atoms with Crippen LogP contribution in [0.25, 0.3) is 0 Å². The molecule has 2 aromatic heterocycles. The lowest BCUT2D eigenvalue weighted by atomic mass is 10.1. The van der Waals surface area contributed by atoms with Crippen molar-refractivity contribution < 1.29 is 13.7 Å². The van der Waals surface area contributed by atoms with Crippen LogP contribution in [0.3, 0.4) is 0 Å². The quantitative estimate of drug-likeness (QED) is 0.919. The summed E-state index contributed by atoms with van der Waals surface area (Å²) in [5.41, 5.74) is 0.314. The van der Waals surface area contributed by atoms with Gasteiger partial charge < -0.3 is 14.3 Å². The highest BCUT2D eigenvalue weighted by Crippen LogP contribution is 2.24. The van der Waals surface area contributed by atoms with Crippen molar-refractivity contribution in [3.63, 3.8) is 0 Å². The molecule has 1 amide bonds. The van der Waals surface area contributed by atoms with Gasteiger partial charge in [0, 0.05) is 12.6 Å². The van der Waals surface area contributed by atoms with Crippen molar-refractivity contribution in [3.05, 3.63) is 41.7 Å². The summed E-state index contributed by atoms with van der Waals surface area (Å²) in [4.78, 5) is 14.5. The molecule has 1 aliphatic heterocycles. The third kappa shape index (κ3) is 3.39. The van der Waals surface area contributed by atoms with Crippen LogP contribution < -0.4 is 5.32 Å². The molecule has 1 saturated heterocycles. The molecule has 118 valence electrons. The molecule has 22 heavy (non-hydrogen) atoms. The van der Waals surface area contributed by atoms with Crippen LogP contribution in [-0.4, -0.2) is 35.6 Å². The van der Waals surface area contributed by atoms with Gasteiger partial charge in [-0.3, -0.25) is 9.69 Å². The van der Waals surface area contributed by atoms with Crippen molar-refractivity contribution in [2.75, 3.05) is 19.6 Å². The first kappa shape index (κ1) is 14.8. The van der Waals surface area contributed by atoms with E-state index in [1.807, 2.05) is 12.1 Å². The number of piperidine rings is 1. The summed E-state index contributed by atoms with van der Waals surface area (Å²) in [5.74, 6) is 1.30. The number of aryl methyl sites for hydroxylation is 1. The van der Waals surface area contributed by atoms with Gasteiger partial charge in [-0.1, -0.05) is 11.6 Å². The molecule has 1 fully saturated rings. The number of carbonyl (C=O) groups excluding carboxylic acids is 1. The smallest absolute Gasteiger partial charge is 0.273 e. The van der Waals surface area contributed by atoms with Crippen molar-refractivity contribution in [2.45, 2.75) is 32.2 Å². The third-order valence-electron chi connectivity index (χ3n) is 4.02. The molecule has 3 heterocycles. The Labute approximate surface area is 129 Å². The first-order valence-electron chi connectivity index (χ1n) is 7.73. The van der Waals surface area contributed by atoms with Crippen molar-refractivity contribution in [2.24, 2.45) is 0 Å². The topological polar surface area (TPSA) is 71.5 Å². The minimum atomic E-state index is -0.217. The number of hydrogen-bond acceptors (Lipinski definition) is 5. The number of carbonyl (C=O) groups is 1. The van der Waals surface area contributed by atoms with Crippen molar-refractivity contribution in [3.8, 4) is 0 Å². The number of amides is 1. The fourth-order valence-electron chi connectivity index (χ4n) is 2.87. The normalized spacial score (nSPS) is 17.3. The number of likely N-dealkylation sites (tertiary alicyclic amines) is 1. The second-order valence-electron chi connectivity index (χ2n) is 5.66. The van der Waals surface area contributed by atoms with Gasteiger partial charge >= 0.3 is 0 Å². The molecule has 3 rings (SSSR count). The van der Waals surface area contributed by atoms with Crippen LogP contribution in [0, 0.1) is 6.92 Å². The summed E-state index contributed by atoms with van der Waals surface area (Å²) < 4.78 is 10.5. The Bertz CT molecular complexity index is 600. The molecule has 6 nitrogen and oxygen atoms in total. The molecular formula is C16H21N3O3. The maximum absolute atomic E-state index is 12.1. The van der Waals surface area contributed by atoms with E-state index in [0.29, 0.717) is 18.0 Å². The predicted molar refractivity (Wildman–Crippen MR) is 80.4 cm³/mol. The number of aromatic nitrogens is 1. The van der Waals surface area contributed by atoms with Crippen LogP contribution in [0.4, 0.5) is 0 Å². The van der Waals surface area contributed by atoms with E-state index in [-0.39, 0.29) is 11.9 Å². The average molecular weight is 303 g/mol. The molecule has 2 aromatic rings. The van der Waals surface area contributed by atoms with E-state index in [0.717, 1.165) is 18.8 Å². The van der Waals surface area contributed by atoms with Gasteiger partial charge in [-0.15, -0.1) is 0 Å². The van der Waals surface area contributed by atoms with Crippen LogP contribution in [0.1, 0.15) is 47.3 Å². The maximum atomic E-state index is 12.1. The number of rotatable bonds is 5. The van der Waals surface area contributed by atoms with Crippen LogP contribution in [0.5, 0.6) is 0 Å². The zero-order valence-corrected chi connectivity index (χ0v) is 12.7. The Balaban J connectivity index is 1.66. The Morgan fingerprint density at radius 2 is 2.23 bits per heavy atom. The number of nitrogens with zero attached hydrogens (tertiary/aromatic N) is 2. The second kappa shape index (κ2) is 6.79. The molecule has 0 aliphatic carbocycles. The highest BCUT2D eigenvalue weighted by atomic mass is 16.5. The molecule has 1 unspecified atom stereocenters. The Morgan fingerprint density at radius 1 is 1.41 bits per heavy atom. The van der Waals surface area contributed by atoms with Crippen molar-refractivity contribution >= 4 is 5.91 Å². The average Bonchev–Trinajstić information content (AvgIpc) is 3.20. The van der Waals surface area contributed by atoms with Crippen LogP contribution in [0.15, 0.2) is 33.4 Å². The van der Waals surface area contributed by atoms with Gasteiger partial charge in [-0.25, -0.2) is 0 Å². The summed E-state index contributed by atoms with van der Waals surface area (Å²) in [6, 6.07) is 5.55. The fraction of sp³-hybridized carbons (Fsp3) is 0.500. The first-order chi connectivity index (χ1) is 10.7. The minimum Gasteiger partial charge on any atom is -0.468 e. The molecule has 0 saturated carbocycles. The first-order valence-corrected chi connectivity index (χ1v) is 7.73. The van der Waals surface area contributed by atoms with Crippen LogP contribution in [-0.2, 0) is 0 Å². The van der Waals surface area contributed by atoms with E-state index in [1.165, 1.54) is 19.3 Å². The van der Waals surface area contributed by atoms with Gasteiger partial charge in [0.2, 0.25) is 0 Å². The van der Waals surface area contributed by atoms with Gasteiger partial charge in [0.1, 0.15) is 11.5 Å². The monoisotopic (exact) mass is 303 g/mol. The van der Waals surface area contributed by atoms with Gasteiger partial charge in [0.05, 0.1) is 12.3 Å². The maximum Gasteiger partial charge on any atom is 0.273 e. The van der Waals surface area contributed by atoms with E-state index in [2.05, 4.69) is 15.4 Å². The lowest BCUT2D eigenvalue weighted by Crippen LogP contribution is -2.40. The standard InChI is InChI=1S/C16H21N3O3/c1-12-10-13(18-22-12)16(20)17-11-14(15-6-5-9-21-15)19-7-3-2-4-8-19/h5-6,9-10,14H,2-4,7-8,11H2,1H3,(H,17,20). The van der Waals surface area contributed by atoms with E-state index in [9.17, 15) is 4.79 Å². The van der Waals surface area contributed by atoms with Crippen molar-refractivity contribution in [1.82, 2.24) is 15.4 Å². The SMILES string of the molecule is Cc1cc(C(=O)NCC(c2ccco2)N2CCCCC2)no1. The molecular weight excluding hydrogens is 282 g/mol. The lowest BCUT2D eigenvalue weighted by Gasteiger charge is -2.33. The molecule has 6 heteroatoms. The zero-order chi connectivity index (χ0) is 15.4. The Hall–Kier alpha value is -2.08. The third-order valence-corrected chi connectivity index (χ3v) is 4.02. The summed E-state index contributed by atoms with van der Waals surface area (Å²) in [6.07, 6.45) is 5.32. The largest absolute Gasteiger partial charge is 0.468 e. The number of furan rings is 1. The molecule has 0 aromatic carbocycles. The second-order valence-corrected chi connectivity index (χ2v) is 5.66. The predicted octanol–water partition coefficient (Wildman–Crippen LogP) is 2.53. The highest BCUT2D eigenvalue weighted by Gasteiger charge is 2.25.